The number of methoxy groups -OCH3 is 5. The lowest BCUT2D eigenvalue weighted by atomic mass is 9.96. The van der Waals surface area contributed by atoms with Gasteiger partial charge in [0.2, 0.25) is 0 Å². The molecule has 6 aliphatic rings. The Morgan fingerprint density at radius 2 is 0.747 bits per heavy atom. The van der Waals surface area contributed by atoms with Crippen molar-refractivity contribution in [3.63, 3.8) is 0 Å². The maximum absolute atomic E-state index is 14.5. The van der Waals surface area contributed by atoms with E-state index in [1.165, 1.54) is 4.90 Å². The van der Waals surface area contributed by atoms with Gasteiger partial charge in [0.1, 0.15) is 28.7 Å². The van der Waals surface area contributed by atoms with Gasteiger partial charge in [0.25, 0.3) is 23.6 Å². The lowest BCUT2D eigenvalue weighted by Crippen LogP contribution is -2.29. The number of Topliss-reactive ketones (excluding diaryl/α,β-unsaturated/α-hetero) is 2. The lowest BCUT2D eigenvalue weighted by molar-refractivity contribution is -0.120. The van der Waals surface area contributed by atoms with Crippen molar-refractivity contribution < 1.29 is 52.5 Å². The molecule has 11 aromatic rings. The molecule has 17 nitrogen and oxygen atoms in total. The Balaban J connectivity index is 0.000000135. The van der Waals surface area contributed by atoms with Gasteiger partial charge in [0, 0.05) is 79.0 Å². The van der Waals surface area contributed by atoms with Gasteiger partial charge < -0.3 is 42.0 Å². The molecule has 8 heterocycles. The van der Waals surface area contributed by atoms with E-state index >= 15 is 0 Å². The van der Waals surface area contributed by atoms with E-state index in [0.29, 0.717) is 87.5 Å². The molecule has 4 aliphatic heterocycles. The molecule has 4 amide bonds. The van der Waals surface area contributed by atoms with E-state index in [1.54, 1.807) is 35.5 Å². The highest BCUT2D eigenvalue weighted by Gasteiger charge is 2.48. The molecule has 17 heteroatoms. The van der Waals surface area contributed by atoms with Gasteiger partial charge in [-0.1, -0.05) is 12.1 Å². The Kier molecular flexibility index (Phi) is 9.08. The highest BCUT2D eigenvalue weighted by Crippen LogP contribution is 2.56. The van der Waals surface area contributed by atoms with Crippen LogP contribution in [0.5, 0.6) is 28.7 Å². The molecular formula is C62H46N6O11. The van der Waals surface area contributed by atoms with E-state index in [4.69, 9.17) is 23.7 Å². The lowest BCUT2D eigenvalue weighted by Gasteiger charge is -2.15. The number of nitrogens with zero attached hydrogens (tertiary/aromatic N) is 5. The van der Waals surface area contributed by atoms with E-state index in [9.17, 15) is 28.8 Å². The van der Waals surface area contributed by atoms with Crippen molar-refractivity contribution >= 4 is 122 Å². The van der Waals surface area contributed by atoms with Gasteiger partial charge >= 0.3 is 0 Å². The normalized spacial score (nSPS) is 19.5. The zero-order valence-corrected chi connectivity index (χ0v) is 43.3. The smallest absolute Gasteiger partial charge is 0.262 e. The number of hydrogen-bond acceptors (Lipinski definition) is 11. The molecule has 7 aromatic carbocycles. The first-order chi connectivity index (χ1) is 38.4. The van der Waals surface area contributed by atoms with Crippen molar-refractivity contribution in [1.82, 2.24) is 28.5 Å². The first-order valence-electron chi connectivity index (χ1n) is 26.2. The largest absolute Gasteiger partial charge is 0.497 e. The fourth-order valence-electron chi connectivity index (χ4n) is 14.6. The first kappa shape index (κ1) is 45.5. The second-order valence-corrected chi connectivity index (χ2v) is 21.4. The summed E-state index contributed by atoms with van der Waals surface area (Å²) >= 11 is 0. The number of carbonyl (C=O) groups excluding carboxylic acids is 6. The van der Waals surface area contributed by atoms with Crippen LogP contribution in [0.1, 0.15) is 96.8 Å². The molecule has 2 saturated carbocycles. The summed E-state index contributed by atoms with van der Waals surface area (Å²) in [6, 6.07) is 29.7. The van der Waals surface area contributed by atoms with Gasteiger partial charge in [-0.25, -0.2) is 0 Å². The van der Waals surface area contributed by atoms with Gasteiger partial charge in [-0.2, -0.15) is 0 Å². The predicted molar refractivity (Wildman–Crippen MR) is 295 cm³/mol. The summed E-state index contributed by atoms with van der Waals surface area (Å²) in [4.78, 5) is 83.9. The summed E-state index contributed by atoms with van der Waals surface area (Å²) in [6.45, 7) is 0.118. The molecule has 79 heavy (non-hydrogen) atoms. The Labute approximate surface area is 447 Å². The highest BCUT2D eigenvalue weighted by atomic mass is 16.5. The SMILES string of the molecule is COc1ccc(CN2C(=O)c3c(c4c5cc(OC)ccc5n5c4c4c3c3cc(OC)ccc3n4C3C[C@H]5CC3=O)C2=O)cc1.COc1ccc2c(c1)c1c3c(c4c5cc(OC)ccc5n5c4c1n2C1C[C@H]5CC1=O)C(=O)NC3=O. The third-order valence-corrected chi connectivity index (χ3v) is 17.9. The summed E-state index contributed by atoms with van der Waals surface area (Å²) in [5, 5.41) is 8.64. The average molecular weight is 1050 g/mol. The number of ketones is 2. The van der Waals surface area contributed by atoms with Crippen molar-refractivity contribution in [2.24, 2.45) is 0 Å². The summed E-state index contributed by atoms with van der Waals surface area (Å²) in [7, 11) is 8.02. The van der Waals surface area contributed by atoms with E-state index in [2.05, 4.69) is 23.6 Å². The maximum atomic E-state index is 14.5. The molecule has 2 aliphatic carbocycles. The Morgan fingerprint density at radius 3 is 1.11 bits per heavy atom. The number of amides is 4. The standard InChI is InChI=1S/C35H27N3O6.C27H19N3O5/c1-42-19-6-4-17(5-7-19)16-36-34(40)30-28-22-14-20(43-2)8-10-24(22)37-18-12-26(27(39)13-18)38-25-11-9-21(44-3)15-23(25)29(31(30)35(36)41)33(38)32(28)37;1-34-12-3-5-16-14(9-12)20-22-23(27(33)28-26(22)32)21-15-10-13(35-2)4-6-17(15)30-18-7-11(8-19(18)31)29(16)24(20)25(21)30/h4-11,14-15,18,26H,12-13,16H2,1-3H3;3-6,9-11,18H,7-8H2,1-2H3,(H,28,32,33)/t18-,26?;11-,18?/m00/s1. The van der Waals surface area contributed by atoms with Crippen LogP contribution in [0, 0.1) is 0 Å². The third-order valence-electron chi connectivity index (χ3n) is 17.9. The minimum atomic E-state index is -0.418. The molecule has 4 atom stereocenters. The van der Waals surface area contributed by atoms with Gasteiger partial charge in [-0.05, 0) is 103 Å². The summed E-state index contributed by atoms with van der Waals surface area (Å²) in [6.07, 6.45) is 2.13. The molecule has 2 unspecified atom stereocenters. The Hall–Kier alpha value is -9.64. The molecule has 4 aromatic heterocycles. The zero-order chi connectivity index (χ0) is 53.8. The molecular weight excluding hydrogens is 1000 g/mol. The van der Waals surface area contributed by atoms with E-state index < -0.39 is 11.8 Å². The van der Waals surface area contributed by atoms with Crippen LogP contribution in [-0.4, -0.2) is 93.9 Å². The second-order valence-electron chi connectivity index (χ2n) is 21.4. The number of hydrogen-bond donors (Lipinski definition) is 1. The third kappa shape index (κ3) is 5.67. The number of rotatable bonds is 7. The van der Waals surface area contributed by atoms with Crippen molar-refractivity contribution in [2.75, 3.05) is 35.5 Å². The molecule has 1 N–H and O–H groups in total. The molecule has 0 spiro atoms. The number of benzene rings is 7. The van der Waals surface area contributed by atoms with Gasteiger partial charge in [-0.3, -0.25) is 39.0 Å². The highest BCUT2D eigenvalue weighted by molar-refractivity contribution is 6.41. The molecule has 390 valence electrons. The number of fused-ring (bicyclic) bond motifs is 26. The van der Waals surface area contributed by atoms with Gasteiger partial charge in [0.15, 0.2) is 11.6 Å². The van der Waals surface area contributed by atoms with Crippen LogP contribution in [0.3, 0.4) is 0 Å². The predicted octanol–water partition coefficient (Wildman–Crippen LogP) is 10.4. The topological polar surface area (TPSA) is 184 Å². The fraction of sp³-hybridized carbons (Fsp3) is 0.226. The Morgan fingerprint density at radius 1 is 0.418 bits per heavy atom. The molecule has 4 bridgehead atoms. The van der Waals surface area contributed by atoms with Crippen LogP contribution in [-0.2, 0) is 16.1 Å². The number of carbonyl (C=O) groups is 6. The van der Waals surface area contributed by atoms with Crippen LogP contribution in [0.4, 0.5) is 0 Å². The second kappa shape index (κ2) is 15.7. The van der Waals surface area contributed by atoms with E-state index in [0.717, 1.165) is 82.0 Å². The van der Waals surface area contributed by atoms with Gasteiger partial charge in [0.05, 0.1) is 110 Å². The van der Waals surface area contributed by atoms with Crippen LogP contribution < -0.4 is 29.0 Å². The molecule has 0 radical (unpaired) electrons. The molecule has 17 rings (SSSR count). The quantitative estimate of drug-likeness (QED) is 0.150. The number of imide groups is 2. The summed E-state index contributed by atoms with van der Waals surface area (Å²) in [5.74, 6) is 2.14. The summed E-state index contributed by atoms with van der Waals surface area (Å²) < 4.78 is 36.2. The van der Waals surface area contributed by atoms with Crippen molar-refractivity contribution in [3.05, 3.63) is 125 Å². The van der Waals surface area contributed by atoms with Crippen LogP contribution in [0.15, 0.2) is 97.1 Å². The molecule has 0 saturated heterocycles. The van der Waals surface area contributed by atoms with Crippen LogP contribution in [0.2, 0.25) is 0 Å². The summed E-state index contributed by atoms with van der Waals surface area (Å²) in [5.41, 5.74) is 9.28. The monoisotopic (exact) mass is 1050 g/mol. The van der Waals surface area contributed by atoms with Crippen molar-refractivity contribution in [2.45, 2.75) is 56.4 Å². The van der Waals surface area contributed by atoms with Crippen LogP contribution in [0.25, 0.3) is 87.2 Å². The fourth-order valence-corrected chi connectivity index (χ4v) is 14.6. The van der Waals surface area contributed by atoms with Crippen molar-refractivity contribution in [1.29, 1.82) is 0 Å². The minimum absolute atomic E-state index is 0.0319. The first-order valence-corrected chi connectivity index (χ1v) is 26.2. The number of aromatic nitrogens is 4. The maximum Gasteiger partial charge on any atom is 0.262 e. The van der Waals surface area contributed by atoms with E-state index in [-0.39, 0.29) is 54.1 Å². The van der Waals surface area contributed by atoms with Gasteiger partial charge in [-0.15, -0.1) is 0 Å². The van der Waals surface area contributed by atoms with Crippen molar-refractivity contribution in [3.8, 4) is 28.7 Å². The minimum Gasteiger partial charge on any atom is -0.497 e. The number of nitrogens with one attached hydrogen (secondary N) is 1. The zero-order valence-electron chi connectivity index (χ0n) is 43.3. The molecule has 2 fully saturated rings. The van der Waals surface area contributed by atoms with E-state index in [1.807, 2.05) is 97.1 Å². The average Bonchev–Trinajstić information content (AvgIpc) is 1.83. The number of ether oxygens (including phenoxy) is 5. The van der Waals surface area contributed by atoms with Crippen LogP contribution >= 0.6 is 0 Å². The Bertz CT molecular complexity index is 4770.